The molecule has 5 heteroatoms. The second-order valence-corrected chi connectivity index (χ2v) is 8.26. The molecule has 4 nitrogen and oxygen atoms in total. The average molecular weight is 386 g/mol. The quantitative estimate of drug-likeness (QED) is 0.538. The van der Waals surface area contributed by atoms with Crippen LogP contribution in [0.15, 0.2) is 48.5 Å². The van der Waals surface area contributed by atoms with Crippen molar-refractivity contribution in [3.05, 3.63) is 59.7 Å². The lowest BCUT2D eigenvalue weighted by Crippen LogP contribution is -2.29. The highest BCUT2D eigenvalue weighted by atomic mass is 32.1. The number of benzene rings is 2. The Morgan fingerprint density at radius 2 is 1.85 bits per heavy atom. The maximum atomic E-state index is 5.84. The van der Waals surface area contributed by atoms with Gasteiger partial charge in [0.2, 0.25) is 0 Å². The zero-order valence-electron chi connectivity index (χ0n) is 16.4. The molecule has 1 heterocycles. The third kappa shape index (κ3) is 5.94. The van der Waals surface area contributed by atoms with Gasteiger partial charge in [-0.15, -0.1) is 0 Å². The maximum absolute atomic E-state index is 5.84. The van der Waals surface area contributed by atoms with Crippen LogP contribution < -0.4 is 9.47 Å². The topological polar surface area (TPSA) is 34.2 Å². The van der Waals surface area contributed by atoms with Crippen molar-refractivity contribution >= 4 is 17.4 Å². The molecule has 1 fully saturated rings. The molecule has 1 aliphatic rings. The molecule has 2 aromatic carbocycles. The van der Waals surface area contributed by atoms with E-state index in [0.717, 1.165) is 23.7 Å². The molecule has 0 bridgehead atoms. The van der Waals surface area contributed by atoms with Gasteiger partial charge in [0.25, 0.3) is 5.17 Å². The van der Waals surface area contributed by atoms with Crippen LogP contribution in [-0.4, -0.2) is 36.4 Å². The van der Waals surface area contributed by atoms with Gasteiger partial charge in [0.15, 0.2) is 0 Å². The van der Waals surface area contributed by atoms with E-state index in [-0.39, 0.29) is 11.5 Å². The van der Waals surface area contributed by atoms with E-state index in [2.05, 4.69) is 39.0 Å². The molecule has 0 aliphatic carbocycles. The Kier molecular flexibility index (Phi) is 6.02. The Labute approximate surface area is 167 Å². The van der Waals surface area contributed by atoms with E-state index < -0.39 is 0 Å². The fourth-order valence-corrected chi connectivity index (χ4v) is 2.79. The lowest BCUT2D eigenvalue weighted by Gasteiger charge is -2.21. The molecule has 1 unspecified atom stereocenters. The largest absolute Gasteiger partial charge is 0.491 e. The standard InChI is InChI=1S/C22H27NO3S/c1-22(2,3)17-8-10-18(11-9-17)26-21(27)23(4)13-16-6-5-7-19(12-16)24-14-20-15-25-20/h5-12,20H,13-15H2,1-4H3. The molecule has 0 amide bonds. The zero-order valence-corrected chi connectivity index (χ0v) is 17.2. The van der Waals surface area contributed by atoms with E-state index >= 15 is 0 Å². The van der Waals surface area contributed by atoms with Crippen LogP contribution in [0.3, 0.4) is 0 Å². The summed E-state index contributed by atoms with van der Waals surface area (Å²) in [7, 11) is 1.93. The van der Waals surface area contributed by atoms with Crippen LogP contribution in [-0.2, 0) is 16.7 Å². The van der Waals surface area contributed by atoms with Crippen molar-refractivity contribution in [3.8, 4) is 11.5 Å². The third-order valence-corrected chi connectivity index (χ3v) is 4.79. The molecule has 0 N–H and O–H groups in total. The molecule has 1 atom stereocenters. The minimum absolute atomic E-state index is 0.120. The Balaban J connectivity index is 1.54. The first-order valence-corrected chi connectivity index (χ1v) is 9.59. The Morgan fingerprint density at radius 3 is 2.48 bits per heavy atom. The van der Waals surface area contributed by atoms with Gasteiger partial charge in [0, 0.05) is 13.6 Å². The average Bonchev–Trinajstić information content (AvgIpc) is 3.44. The first-order valence-electron chi connectivity index (χ1n) is 9.18. The van der Waals surface area contributed by atoms with Crippen LogP contribution in [0.25, 0.3) is 0 Å². The van der Waals surface area contributed by atoms with Gasteiger partial charge < -0.3 is 19.1 Å². The van der Waals surface area contributed by atoms with Crippen LogP contribution in [0, 0.1) is 0 Å². The molecule has 27 heavy (non-hydrogen) atoms. The van der Waals surface area contributed by atoms with E-state index in [1.165, 1.54) is 5.56 Å². The van der Waals surface area contributed by atoms with Crippen LogP contribution in [0.4, 0.5) is 0 Å². The highest BCUT2D eigenvalue weighted by molar-refractivity contribution is 7.80. The van der Waals surface area contributed by atoms with Crippen molar-refractivity contribution in [3.63, 3.8) is 0 Å². The third-order valence-electron chi connectivity index (χ3n) is 4.39. The van der Waals surface area contributed by atoms with Crippen molar-refractivity contribution in [1.82, 2.24) is 4.90 Å². The summed E-state index contributed by atoms with van der Waals surface area (Å²) >= 11 is 5.45. The minimum atomic E-state index is 0.120. The van der Waals surface area contributed by atoms with E-state index in [9.17, 15) is 0 Å². The molecule has 144 valence electrons. The van der Waals surface area contributed by atoms with Crippen molar-refractivity contribution in [2.75, 3.05) is 20.3 Å². The summed E-state index contributed by atoms with van der Waals surface area (Å²) < 4.78 is 16.8. The predicted molar refractivity (Wildman–Crippen MR) is 112 cm³/mol. The summed E-state index contributed by atoms with van der Waals surface area (Å²) in [6.07, 6.45) is 0.252. The molecule has 3 rings (SSSR count). The number of nitrogens with zero attached hydrogens (tertiary/aromatic N) is 1. The molecular formula is C22H27NO3S. The summed E-state index contributed by atoms with van der Waals surface area (Å²) in [5.74, 6) is 1.60. The van der Waals surface area contributed by atoms with Crippen LogP contribution in [0.5, 0.6) is 11.5 Å². The summed E-state index contributed by atoms with van der Waals surface area (Å²) in [6.45, 7) is 8.62. The van der Waals surface area contributed by atoms with E-state index in [0.29, 0.717) is 18.3 Å². The van der Waals surface area contributed by atoms with Crippen molar-refractivity contribution in [1.29, 1.82) is 0 Å². The Hall–Kier alpha value is -2.11. The van der Waals surface area contributed by atoms with Gasteiger partial charge in [-0.1, -0.05) is 45.0 Å². The fraction of sp³-hybridized carbons (Fsp3) is 0.409. The van der Waals surface area contributed by atoms with Gasteiger partial charge in [-0.3, -0.25) is 0 Å². The predicted octanol–water partition coefficient (Wildman–Crippen LogP) is 4.56. The molecule has 0 radical (unpaired) electrons. The minimum Gasteiger partial charge on any atom is -0.491 e. The number of epoxide rings is 1. The summed E-state index contributed by atoms with van der Waals surface area (Å²) in [5.41, 5.74) is 2.50. The van der Waals surface area contributed by atoms with Gasteiger partial charge in [-0.2, -0.15) is 0 Å². The lowest BCUT2D eigenvalue weighted by atomic mass is 9.87. The molecule has 2 aromatic rings. The molecule has 0 spiro atoms. The molecule has 0 saturated carbocycles. The summed E-state index contributed by atoms with van der Waals surface area (Å²) in [6, 6.07) is 16.1. The second kappa shape index (κ2) is 8.28. The van der Waals surface area contributed by atoms with Crippen molar-refractivity contribution in [2.45, 2.75) is 38.8 Å². The highest BCUT2D eigenvalue weighted by Gasteiger charge is 2.23. The van der Waals surface area contributed by atoms with Crippen molar-refractivity contribution in [2.24, 2.45) is 0 Å². The van der Waals surface area contributed by atoms with Gasteiger partial charge in [-0.25, -0.2) is 0 Å². The first-order chi connectivity index (χ1) is 12.8. The van der Waals surface area contributed by atoms with Crippen LogP contribution in [0.2, 0.25) is 0 Å². The summed E-state index contributed by atoms with van der Waals surface area (Å²) in [4.78, 5) is 1.91. The highest BCUT2D eigenvalue weighted by Crippen LogP contribution is 2.24. The number of ether oxygens (including phenoxy) is 3. The monoisotopic (exact) mass is 385 g/mol. The van der Waals surface area contributed by atoms with Crippen LogP contribution in [0.1, 0.15) is 31.9 Å². The maximum Gasteiger partial charge on any atom is 0.264 e. The fourth-order valence-electron chi connectivity index (χ4n) is 2.63. The van der Waals surface area contributed by atoms with E-state index in [1.807, 2.05) is 42.3 Å². The summed E-state index contributed by atoms with van der Waals surface area (Å²) in [5, 5.41) is 0.441. The number of hydrogen-bond acceptors (Lipinski definition) is 4. The van der Waals surface area contributed by atoms with E-state index in [4.69, 9.17) is 26.4 Å². The van der Waals surface area contributed by atoms with Crippen LogP contribution >= 0.6 is 12.2 Å². The Bertz CT molecular complexity index is 779. The lowest BCUT2D eigenvalue weighted by molar-refractivity contribution is 0.262. The smallest absolute Gasteiger partial charge is 0.264 e. The molecule has 0 aromatic heterocycles. The number of hydrogen-bond donors (Lipinski definition) is 0. The molecule has 1 aliphatic heterocycles. The Morgan fingerprint density at radius 1 is 1.15 bits per heavy atom. The van der Waals surface area contributed by atoms with Gasteiger partial charge >= 0.3 is 0 Å². The van der Waals surface area contributed by atoms with Gasteiger partial charge in [0.05, 0.1) is 6.61 Å². The molecular weight excluding hydrogens is 358 g/mol. The van der Waals surface area contributed by atoms with Crippen molar-refractivity contribution < 1.29 is 14.2 Å². The number of thiocarbonyl (C=S) groups is 1. The van der Waals surface area contributed by atoms with Gasteiger partial charge in [0.1, 0.15) is 24.2 Å². The van der Waals surface area contributed by atoms with E-state index in [1.54, 1.807) is 0 Å². The molecule has 1 saturated heterocycles. The zero-order chi connectivity index (χ0) is 19.4. The second-order valence-electron chi connectivity index (χ2n) is 7.91. The number of rotatable bonds is 6. The first kappa shape index (κ1) is 19.6. The SMILES string of the molecule is CN(Cc1cccc(OCC2CO2)c1)C(=S)Oc1ccc(C(C)(C)C)cc1. The van der Waals surface area contributed by atoms with Gasteiger partial charge in [-0.05, 0) is 53.0 Å². The normalized spacial score (nSPS) is 15.9.